The van der Waals surface area contributed by atoms with E-state index in [1.807, 2.05) is 16.3 Å². The lowest BCUT2D eigenvalue weighted by molar-refractivity contribution is -0.133. The van der Waals surface area contributed by atoms with E-state index in [4.69, 9.17) is 16.7 Å². The number of carbonyl (C=O) groups is 1. The van der Waals surface area contributed by atoms with Crippen molar-refractivity contribution in [1.82, 2.24) is 14.5 Å². The molecule has 0 amide bonds. The Morgan fingerprint density at radius 1 is 1.62 bits per heavy atom. The summed E-state index contributed by atoms with van der Waals surface area (Å²) in [6, 6.07) is 1.77. The van der Waals surface area contributed by atoms with Crippen LogP contribution in [0.15, 0.2) is 17.4 Å². The summed E-state index contributed by atoms with van der Waals surface area (Å²) in [4.78, 5) is 19.7. The van der Waals surface area contributed by atoms with E-state index in [0.29, 0.717) is 16.1 Å². The molecule has 1 atom stereocenters. The lowest BCUT2D eigenvalue weighted by Gasteiger charge is -2.12. The molecule has 1 saturated heterocycles. The number of hydrogen-bond acceptors (Lipinski definition) is 5. The molecule has 2 aromatic rings. The number of halogens is 1. The first-order valence-electron chi connectivity index (χ1n) is 6.57. The number of carboxylic acids is 1. The fraction of sp³-hybridized carbons (Fsp3) is 0.462. The van der Waals surface area contributed by atoms with Gasteiger partial charge in [-0.3, -0.25) is 4.79 Å². The van der Waals surface area contributed by atoms with Crippen LogP contribution in [-0.4, -0.2) is 42.9 Å². The maximum absolute atomic E-state index is 10.8. The van der Waals surface area contributed by atoms with Crippen molar-refractivity contribution >= 4 is 52.3 Å². The Morgan fingerprint density at radius 3 is 3.19 bits per heavy atom. The summed E-state index contributed by atoms with van der Waals surface area (Å²) < 4.78 is 2.04. The predicted molar refractivity (Wildman–Crippen MR) is 86.3 cm³/mol. The smallest absolute Gasteiger partial charge is 0.313 e. The summed E-state index contributed by atoms with van der Waals surface area (Å²) in [7, 11) is 0. The van der Waals surface area contributed by atoms with Gasteiger partial charge in [0.2, 0.25) is 0 Å². The van der Waals surface area contributed by atoms with Crippen molar-refractivity contribution in [1.29, 1.82) is 0 Å². The zero-order chi connectivity index (χ0) is 14.8. The molecule has 21 heavy (non-hydrogen) atoms. The molecule has 1 aliphatic heterocycles. The van der Waals surface area contributed by atoms with Crippen molar-refractivity contribution in [2.75, 3.05) is 17.3 Å². The van der Waals surface area contributed by atoms with Crippen molar-refractivity contribution in [3.05, 3.63) is 17.3 Å². The van der Waals surface area contributed by atoms with Crippen LogP contribution in [0.4, 0.5) is 0 Å². The van der Waals surface area contributed by atoms with Crippen LogP contribution in [0.1, 0.15) is 6.42 Å². The van der Waals surface area contributed by atoms with Gasteiger partial charge in [0.1, 0.15) is 5.52 Å². The third-order valence-corrected chi connectivity index (χ3v) is 5.71. The third kappa shape index (κ3) is 3.46. The largest absolute Gasteiger partial charge is 0.481 e. The van der Waals surface area contributed by atoms with Crippen LogP contribution < -0.4 is 0 Å². The molecule has 0 saturated carbocycles. The van der Waals surface area contributed by atoms with Crippen LogP contribution in [0.25, 0.3) is 11.2 Å². The monoisotopic (exact) mass is 343 g/mol. The lowest BCUT2D eigenvalue weighted by atomic mass is 10.1. The van der Waals surface area contributed by atoms with Gasteiger partial charge in [0.15, 0.2) is 10.8 Å². The highest BCUT2D eigenvalue weighted by Crippen LogP contribution is 2.30. The summed E-state index contributed by atoms with van der Waals surface area (Å²) in [6.07, 6.45) is 2.79. The second kappa shape index (κ2) is 6.46. The summed E-state index contributed by atoms with van der Waals surface area (Å²) in [5, 5.41) is 10.1. The summed E-state index contributed by atoms with van der Waals surface area (Å²) >= 11 is 9.15. The zero-order valence-corrected chi connectivity index (χ0v) is 13.5. The SMILES string of the molecule is O=C(O)CSc1nc2cc(Cl)cnc2n1CC1CCSC1. The number of hydrogen-bond donors (Lipinski definition) is 1. The van der Waals surface area contributed by atoms with Gasteiger partial charge >= 0.3 is 5.97 Å². The van der Waals surface area contributed by atoms with Crippen molar-refractivity contribution in [3.63, 3.8) is 0 Å². The molecule has 0 bridgehead atoms. The fourth-order valence-corrected chi connectivity index (χ4v) is 4.51. The summed E-state index contributed by atoms with van der Waals surface area (Å²) in [6.45, 7) is 0.833. The van der Waals surface area contributed by atoms with Gasteiger partial charge in [0.05, 0.1) is 10.8 Å². The Morgan fingerprint density at radius 2 is 2.48 bits per heavy atom. The molecule has 0 spiro atoms. The Labute approximate surface area is 135 Å². The molecule has 2 aromatic heterocycles. The van der Waals surface area contributed by atoms with E-state index in [2.05, 4.69) is 9.97 Å². The number of carboxylic acid groups (broad SMARTS) is 1. The Balaban J connectivity index is 1.95. The van der Waals surface area contributed by atoms with Gasteiger partial charge in [-0.1, -0.05) is 23.4 Å². The molecule has 1 unspecified atom stereocenters. The van der Waals surface area contributed by atoms with Crippen molar-refractivity contribution in [2.24, 2.45) is 5.92 Å². The van der Waals surface area contributed by atoms with Gasteiger partial charge in [0, 0.05) is 12.7 Å². The Bertz CT molecular complexity index is 671. The van der Waals surface area contributed by atoms with Gasteiger partial charge in [-0.25, -0.2) is 9.97 Å². The first-order chi connectivity index (χ1) is 10.1. The van der Waals surface area contributed by atoms with E-state index in [1.165, 1.54) is 23.9 Å². The Kier molecular flexibility index (Phi) is 4.61. The molecular formula is C13H14ClN3O2S2. The number of thioether (sulfide) groups is 2. The molecule has 1 N–H and O–H groups in total. The van der Waals surface area contributed by atoms with E-state index in [9.17, 15) is 4.79 Å². The topological polar surface area (TPSA) is 68.0 Å². The maximum atomic E-state index is 10.8. The van der Waals surface area contributed by atoms with E-state index < -0.39 is 5.97 Å². The average molecular weight is 344 g/mol. The second-order valence-corrected chi connectivity index (χ2v) is 7.44. The molecule has 3 rings (SSSR count). The van der Waals surface area contributed by atoms with E-state index in [0.717, 1.165) is 23.5 Å². The van der Waals surface area contributed by atoms with Crippen molar-refractivity contribution in [2.45, 2.75) is 18.1 Å². The second-order valence-electron chi connectivity index (χ2n) is 4.91. The molecule has 1 fully saturated rings. The molecule has 0 aliphatic carbocycles. The van der Waals surface area contributed by atoms with Crippen molar-refractivity contribution in [3.8, 4) is 0 Å². The van der Waals surface area contributed by atoms with Gasteiger partial charge in [0.25, 0.3) is 0 Å². The minimum absolute atomic E-state index is 0.00350. The normalized spacial score (nSPS) is 18.4. The molecule has 5 nitrogen and oxygen atoms in total. The lowest BCUT2D eigenvalue weighted by Crippen LogP contribution is -2.12. The number of rotatable bonds is 5. The van der Waals surface area contributed by atoms with E-state index >= 15 is 0 Å². The standard InChI is InChI=1S/C13H14ClN3O2S2/c14-9-3-10-12(15-4-9)17(5-8-1-2-20-6-8)13(16-10)21-7-11(18)19/h3-4,8H,1-2,5-7H2,(H,18,19). The number of nitrogens with zero attached hydrogens (tertiary/aromatic N) is 3. The Hall–Kier alpha value is -0.920. The highest BCUT2D eigenvalue weighted by Gasteiger charge is 2.21. The minimum atomic E-state index is -0.846. The number of pyridine rings is 1. The molecule has 112 valence electrons. The van der Waals surface area contributed by atoms with Crippen molar-refractivity contribution < 1.29 is 9.90 Å². The van der Waals surface area contributed by atoms with Crippen LogP contribution in [-0.2, 0) is 11.3 Å². The van der Waals surface area contributed by atoms with Gasteiger partial charge in [-0.05, 0) is 29.9 Å². The van der Waals surface area contributed by atoms with Crippen LogP contribution in [0, 0.1) is 5.92 Å². The quantitative estimate of drug-likeness (QED) is 0.842. The molecule has 8 heteroatoms. The van der Waals surface area contributed by atoms with Crippen LogP contribution >= 0.6 is 35.1 Å². The first-order valence-corrected chi connectivity index (χ1v) is 9.09. The third-order valence-electron chi connectivity index (χ3n) is 3.31. The molecule has 0 aromatic carbocycles. The molecule has 3 heterocycles. The zero-order valence-electron chi connectivity index (χ0n) is 11.2. The minimum Gasteiger partial charge on any atom is -0.481 e. The van der Waals surface area contributed by atoms with Crippen LogP contribution in [0.3, 0.4) is 0 Å². The molecule has 0 radical (unpaired) electrons. The highest BCUT2D eigenvalue weighted by atomic mass is 35.5. The first kappa shape index (κ1) is 15.0. The van der Waals surface area contributed by atoms with E-state index in [-0.39, 0.29) is 5.75 Å². The van der Waals surface area contributed by atoms with Crippen LogP contribution in [0.5, 0.6) is 0 Å². The number of fused-ring (bicyclic) bond motifs is 1. The summed E-state index contributed by atoms with van der Waals surface area (Å²) in [5.41, 5.74) is 1.50. The van der Waals surface area contributed by atoms with Gasteiger partial charge in [-0.15, -0.1) is 0 Å². The maximum Gasteiger partial charge on any atom is 0.313 e. The highest BCUT2D eigenvalue weighted by molar-refractivity contribution is 7.99. The number of imidazole rings is 1. The van der Waals surface area contributed by atoms with E-state index in [1.54, 1.807) is 12.3 Å². The predicted octanol–water partition coefficient (Wildman–Crippen LogP) is 3.01. The van der Waals surface area contributed by atoms with Gasteiger partial charge in [-0.2, -0.15) is 11.8 Å². The number of aliphatic carboxylic acids is 1. The number of aromatic nitrogens is 3. The van der Waals surface area contributed by atoms with Gasteiger partial charge < -0.3 is 9.67 Å². The average Bonchev–Trinajstić information content (AvgIpc) is 3.05. The molecule has 1 aliphatic rings. The summed E-state index contributed by atoms with van der Waals surface area (Å²) in [5.74, 6) is 2.07. The van der Waals surface area contributed by atoms with Crippen LogP contribution in [0.2, 0.25) is 5.02 Å². The molecular weight excluding hydrogens is 330 g/mol. The fourth-order valence-electron chi connectivity index (χ4n) is 2.35.